The van der Waals surface area contributed by atoms with Crippen LogP contribution in [-0.4, -0.2) is 15.1 Å². The molecule has 2 aromatic carbocycles. The number of thiocarbonyl (C=S) groups is 1. The van der Waals surface area contributed by atoms with Gasteiger partial charge >= 0.3 is 0 Å². The van der Waals surface area contributed by atoms with Crippen LogP contribution in [0, 0.1) is 0 Å². The second-order valence-corrected chi connectivity index (χ2v) is 7.11. The molecule has 0 unspecified atom stereocenters. The third kappa shape index (κ3) is 3.66. The van der Waals surface area contributed by atoms with E-state index in [1.807, 2.05) is 85.8 Å². The summed E-state index contributed by atoms with van der Waals surface area (Å²) >= 11 is 6.78. The molecule has 120 valence electrons. The molecule has 1 amide bonds. The second kappa shape index (κ2) is 7.60. The molecule has 0 bridgehead atoms. The lowest BCUT2D eigenvalue weighted by Crippen LogP contribution is -2.30. The number of hydrogen-bond donors (Lipinski definition) is 0. The van der Waals surface area contributed by atoms with E-state index in [0.29, 0.717) is 9.23 Å². The summed E-state index contributed by atoms with van der Waals surface area (Å²) in [5.74, 6) is -0.0286. The highest BCUT2D eigenvalue weighted by molar-refractivity contribution is 8.26. The molecule has 1 saturated heterocycles. The molecule has 3 rings (SSSR count). The topological polar surface area (TPSA) is 20.3 Å². The van der Waals surface area contributed by atoms with Gasteiger partial charge in [-0.15, -0.1) is 0 Å². The van der Waals surface area contributed by atoms with Gasteiger partial charge in [0.25, 0.3) is 5.91 Å². The van der Waals surface area contributed by atoms with E-state index in [1.54, 1.807) is 4.90 Å². The lowest BCUT2D eigenvalue weighted by Gasteiger charge is -2.23. The van der Waals surface area contributed by atoms with Gasteiger partial charge in [-0.25, -0.2) is 0 Å². The summed E-state index contributed by atoms with van der Waals surface area (Å²) in [6, 6.07) is 19.9. The van der Waals surface area contributed by atoms with Gasteiger partial charge in [0.2, 0.25) is 0 Å². The Balaban J connectivity index is 1.76. The standard InChI is InChI=1S/C20H17NOS2/c1-15(17-12-6-3-7-13-17)21-19(22)18(24-20(21)23)14-8-11-16-9-4-2-5-10-16/h2-15H,1H3/b11-8+,18-14+/t15-/m1/s1. The van der Waals surface area contributed by atoms with Gasteiger partial charge in [-0.3, -0.25) is 9.69 Å². The molecule has 1 atom stereocenters. The Bertz CT molecular complexity index is 797. The Morgan fingerprint density at radius 1 is 1.04 bits per heavy atom. The molecule has 24 heavy (non-hydrogen) atoms. The van der Waals surface area contributed by atoms with Crippen LogP contribution >= 0.6 is 24.0 Å². The number of benzene rings is 2. The largest absolute Gasteiger partial charge is 0.286 e. The summed E-state index contributed by atoms with van der Waals surface area (Å²) in [7, 11) is 0. The van der Waals surface area contributed by atoms with E-state index in [2.05, 4.69) is 0 Å². The number of allylic oxidation sites excluding steroid dienone is 2. The monoisotopic (exact) mass is 351 g/mol. The van der Waals surface area contributed by atoms with Crippen LogP contribution in [0.4, 0.5) is 0 Å². The van der Waals surface area contributed by atoms with Gasteiger partial charge in [0.1, 0.15) is 4.32 Å². The molecule has 1 aliphatic rings. The van der Waals surface area contributed by atoms with Crippen LogP contribution in [0.2, 0.25) is 0 Å². The van der Waals surface area contributed by atoms with Crippen LogP contribution < -0.4 is 0 Å². The smallest absolute Gasteiger partial charge is 0.266 e. The van der Waals surface area contributed by atoms with E-state index < -0.39 is 0 Å². The molecular formula is C20H17NOS2. The number of carbonyl (C=O) groups is 1. The zero-order valence-corrected chi connectivity index (χ0v) is 14.9. The number of hydrogen-bond acceptors (Lipinski definition) is 3. The molecule has 1 fully saturated rings. The third-order valence-electron chi connectivity index (χ3n) is 3.83. The minimum atomic E-state index is -0.0669. The van der Waals surface area contributed by atoms with Crippen LogP contribution in [0.5, 0.6) is 0 Å². The van der Waals surface area contributed by atoms with Crippen molar-refractivity contribution in [2.75, 3.05) is 0 Å². The van der Waals surface area contributed by atoms with Gasteiger partial charge in [-0.1, -0.05) is 96.8 Å². The second-order valence-electron chi connectivity index (χ2n) is 5.43. The van der Waals surface area contributed by atoms with Crippen molar-refractivity contribution in [2.24, 2.45) is 0 Å². The maximum atomic E-state index is 12.7. The Hall–Kier alpha value is -2.17. The van der Waals surface area contributed by atoms with Crippen LogP contribution in [0.1, 0.15) is 24.1 Å². The van der Waals surface area contributed by atoms with Crippen LogP contribution in [0.3, 0.4) is 0 Å². The zero-order chi connectivity index (χ0) is 16.9. The molecule has 1 heterocycles. The number of thioether (sulfide) groups is 1. The van der Waals surface area contributed by atoms with Crippen molar-refractivity contribution in [3.8, 4) is 0 Å². The van der Waals surface area contributed by atoms with E-state index >= 15 is 0 Å². The minimum Gasteiger partial charge on any atom is -0.286 e. The molecule has 4 heteroatoms. The molecule has 0 spiro atoms. The summed E-state index contributed by atoms with van der Waals surface area (Å²) < 4.78 is 0.607. The van der Waals surface area contributed by atoms with Gasteiger partial charge in [-0.2, -0.15) is 0 Å². The molecule has 1 aliphatic heterocycles. The molecule has 2 nitrogen and oxygen atoms in total. The summed E-state index contributed by atoms with van der Waals surface area (Å²) in [6.45, 7) is 2.00. The van der Waals surface area contributed by atoms with E-state index in [-0.39, 0.29) is 11.9 Å². The predicted molar refractivity (Wildman–Crippen MR) is 105 cm³/mol. The highest BCUT2D eigenvalue weighted by Gasteiger charge is 2.35. The summed E-state index contributed by atoms with van der Waals surface area (Å²) in [4.78, 5) is 15.0. The highest BCUT2D eigenvalue weighted by atomic mass is 32.2. The SMILES string of the molecule is C[C@H](c1ccccc1)N1C(=O)/C(=C\C=C\c2ccccc2)SC1=S. The van der Waals surface area contributed by atoms with Crippen molar-refractivity contribution in [1.82, 2.24) is 4.90 Å². The van der Waals surface area contributed by atoms with Crippen molar-refractivity contribution in [3.63, 3.8) is 0 Å². The van der Waals surface area contributed by atoms with Gasteiger partial charge in [0, 0.05) is 0 Å². The van der Waals surface area contributed by atoms with E-state index in [4.69, 9.17) is 12.2 Å². The fourth-order valence-electron chi connectivity index (χ4n) is 2.52. The van der Waals surface area contributed by atoms with Crippen LogP contribution in [-0.2, 0) is 4.79 Å². The Labute approximate surface area is 151 Å². The quantitative estimate of drug-likeness (QED) is 0.557. The maximum absolute atomic E-state index is 12.7. The van der Waals surface area contributed by atoms with Crippen molar-refractivity contribution in [3.05, 3.63) is 88.8 Å². The lowest BCUT2D eigenvalue weighted by atomic mass is 10.1. The van der Waals surface area contributed by atoms with Gasteiger partial charge < -0.3 is 0 Å². The summed E-state index contributed by atoms with van der Waals surface area (Å²) in [5.41, 5.74) is 2.18. The van der Waals surface area contributed by atoms with Crippen molar-refractivity contribution in [2.45, 2.75) is 13.0 Å². The first-order valence-electron chi connectivity index (χ1n) is 7.70. The third-order valence-corrected chi connectivity index (χ3v) is 5.18. The summed E-state index contributed by atoms with van der Waals surface area (Å²) in [5, 5.41) is 0. The first kappa shape index (κ1) is 16.7. The average molecular weight is 351 g/mol. The van der Waals surface area contributed by atoms with Crippen molar-refractivity contribution >= 4 is 40.3 Å². The molecule has 0 aromatic heterocycles. The highest BCUT2D eigenvalue weighted by Crippen LogP contribution is 2.36. The average Bonchev–Trinajstić information content (AvgIpc) is 2.90. The van der Waals surface area contributed by atoms with E-state index in [0.717, 1.165) is 11.1 Å². The van der Waals surface area contributed by atoms with Crippen LogP contribution in [0.15, 0.2) is 77.7 Å². The molecule has 2 aromatic rings. The Morgan fingerprint density at radius 3 is 2.33 bits per heavy atom. The number of nitrogens with zero attached hydrogens (tertiary/aromatic N) is 1. The van der Waals surface area contributed by atoms with Gasteiger partial charge in [0.15, 0.2) is 0 Å². The van der Waals surface area contributed by atoms with E-state index in [1.165, 1.54) is 11.8 Å². The Morgan fingerprint density at radius 2 is 1.67 bits per heavy atom. The summed E-state index contributed by atoms with van der Waals surface area (Å²) in [6.07, 6.45) is 5.71. The lowest BCUT2D eigenvalue weighted by molar-refractivity contribution is -0.123. The number of amides is 1. The normalized spacial score (nSPS) is 17.9. The molecule has 0 N–H and O–H groups in total. The van der Waals surface area contributed by atoms with E-state index in [9.17, 15) is 4.79 Å². The first-order chi connectivity index (χ1) is 11.7. The van der Waals surface area contributed by atoms with Crippen molar-refractivity contribution < 1.29 is 4.79 Å². The van der Waals surface area contributed by atoms with Gasteiger partial charge in [-0.05, 0) is 24.1 Å². The number of carbonyl (C=O) groups excluding carboxylic acids is 1. The molecular weight excluding hydrogens is 334 g/mol. The Kier molecular flexibility index (Phi) is 5.28. The van der Waals surface area contributed by atoms with Crippen molar-refractivity contribution in [1.29, 1.82) is 0 Å². The molecule has 0 aliphatic carbocycles. The zero-order valence-electron chi connectivity index (χ0n) is 13.3. The number of rotatable bonds is 4. The predicted octanol–water partition coefficient (Wildman–Crippen LogP) is 5.21. The maximum Gasteiger partial charge on any atom is 0.266 e. The van der Waals surface area contributed by atoms with Crippen LogP contribution in [0.25, 0.3) is 6.08 Å². The fourth-order valence-corrected chi connectivity index (χ4v) is 3.89. The first-order valence-corrected chi connectivity index (χ1v) is 8.93. The molecule has 0 saturated carbocycles. The fraction of sp³-hybridized carbons (Fsp3) is 0.100. The minimum absolute atomic E-state index is 0.0286. The molecule has 0 radical (unpaired) electrons. The van der Waals surface area contributed by atoms with Gasteiger partial charge in [0.05, 0.1) is 10.9 Å².